The van der Waals surface area contributed by atoms with Gasteiger partial charge in [0, 0.05) is 10.5 Å². The predicted molar refractivity (Wildman–Crippen MR) is 80.5 cm³/mol. The van der Waals surface area contributed by atoms with E-state index >= 15 is 0 Å². The fourth-order valence-corrected chi connectivity index (χ4v) is 5.15. The molecule has 112 valence electrons. The molecule has 1 aromatic rings. The maximum atomic E-state index is 13.1. The van der Waals surface area contributed by atoms with Crippen LogP contribution in [-0.4, -0.2) is 14.5 Å². The fourth-order valence-electron chi connectivity index (χ4n) is 2.66. The van der Waals surface area contributed by atoms with Crippen LogP contribution in [0.3, 0.4) is 0 Å². The van der Waals surface area contributed by atoms with Crippen LogP contribution in [0.25, 0.3) is 0 Å². The number of nitrogens with one attached hydrogen (secondary N) is 1. The van der Waals surface area contributed by atoms with Crippen molar-refractivity contribution >= 4 is 26.0 Å². The summed E-state index contributed by atoms with van der Waals surface area (Å²) in [5, 5.41) is 0. The first kappa shape index (κ1) is 15.9. The van der Waals surface area contributed by atoms with E-state index in [0.29, 0.717) is 0 Å². The quantitative estimate of drug-likeness (QED) is 0.886. The highest BCUT2D eigenvalue weighted by atomic mass is 79.9. The van der Waals surface area contributed by atoms with Gasteiger partial charge in [0.15, 0.2) is 0 Å². The molecule has 1 unspecified atom stereocenters. The molecular formula is C14H19BrFNO2S. The second-order valence-electron chi connectivity index (χ2n) is 5.98. The first-order chi connectivity index (χ1) is 9.22. The molecule has 1 aliphatic carbocycles. The molecule has 20 heavy (non-hydrogen) atoms. The molecule has 1 N–H and O–H groups in total. The van der Waals surface area contributed by atoms with Gasteiger partial charge >= 0.3 is 0 Å². The van der Waals surface area contributed by atoms with E-state index in [2.05, 4.69) is 34.5 Å². The minimum atomic E-state index is -3.64. The third kappa shape index (κ3) is 3.40. The average Bonchev–Trinajstić information content (AvgIpc) is 2.31. The maximum Gasteiger partial charge on any atom is 0.241 e. The van der Waals surface area contributed by atoms with Crippen molar-refractivity contribution in [2.75, 3.05) is 0 Å². The molecule has 0 saturated heterocycles. The van der Waals surface area contributed by atoms with Gasteiger partial charge in [-0.05, 0) is 52.4 Å². The van der Waals surface area contributed by atoms with Gasteiger partial charge in [-0.1, -0.05) is 26.7 Å². The summed E-state index contributed by atoms with van der Waals surface area (Å²) in [5.74, 6) is -0.464. The summed E-state index contributed by atoms with van der Waals surface area (Å²) in [6.07, 6.45) is 4.00. The molecule has 0 heterocycles. The lowest BCUT2D eigenvalue weighted by Crippen LogP contribution is -2.46. The Morgan fingerprint density at radius 2 is 2.05 bits per heavy atom. The number of halogens is 2. The van der Waals surface area contributed by atoms with Crippen LogP contribution in [0.5, 0.6) is 0 Å². The summed E-state index contributed by atoms with van der Waals surface area (Å²) in [6.45, 7) is 4.16. The third-order valence-electron chi connectivity index (χ3n) is 3.99. The molecule has 0 aliphatic heterocycles. The highest BCUT2D eigenvalue weighted by Crippen LogP contribution is 2.36. The number of sulfonamides is 1. The fraction of sp³-hybridized carbons (Fsp3) is 0.571. The molecule has 1 fully saturated rings. The lowest BCUT2D eigenvalue weighted by Gasteiger charge is -2.38. The molecule has 1 saturated carbocycles. The zero-order chi connectivity index (χ0) is 15.0. The lowest BCUT2D eigenvalue weighted by molar-refractivity contribution is 0.188. The van der Waals surface area contributed by atoms with Gasteiger partial charge in [0.1, 0.15) is 5.82 Å². The molecule has 0 amide bonds. The predicted octanol–water partition coefficient (Wildman–Crippen LogP) is 3.84. The Hall–Kier alpha value is -0.460. The van der Waals surface area contributed by atoms with E-state index in [4.69, 9.17) is 0 Å². The van der Waals surface area contributed by atoms with Gasteiger partial charge in [-0.25, -0.2) is 17.5 Å². The maximum absolute atomic E-state index is 13.1. The Morgan fingerprint density at radius 3 is 2.65 bits per heavy atom. The molecule has 3 nitrogen and oxygen atoms in total. The van der Waals surface area contributed by atoms with Crippen LogP contribution < -0.4 is 4.72 Å². The largest absolute Gasteiger partial charge is 0.241 e. The normalized spacial score (nSPS) is 22.7. The van der Waals surface area contributed by atoms with Crippen molar-refractivity contribution < 1.29 is 12.8 Å². The van der Waals surface area contributed by atoms with Crippen LogP contribution in [0, 0.1) is 11.2 Å². The number of hydrogen-bond donors (Lipinski definition) is 1. The van der Waals surface area contributed by atoms with Crippen LogP contribution in [0.15, 0.2) is 27.6 Å². The molecule has 2 rings (SSSR count). The van der Waals surface area contributed by atoms with Crippen LogP contribution in [0.2, 0.25) is 0 Å². The second kappa shape index (κ2) is 5.73. The Labute approximate surface area is 128 Å². The molecule has 0 aromatic heterocycles. The van der Waals surface area contributed by atoms with Crippen molar-refractivity contribution in [3.63, 3.8) is 0 Å². The van der Waals surface area contributed by atoms with Gasteiger partial charge in [0.2, 0.25) is 10.0 Å². The van der Waals surface area contributed by atoms with Gasteiger partial charge in [0.25, 0.3) is 0 Å². The zero-order valence-corrected chi connectivity index (χ0v) is 14.0. The van der Waals surface area contributed by atoms with Gasteiger partial charge in [-0.3, -0.25) is 0 Å². The van der Waals surface area contributed by atoms with Crippen molar-refractivity contribution in [3.05, 3.63) is 28.5 Å². The molecule has 0 bridgehead atoms. The van der Waals surface area contributed by atoms with Gasteiger partial charge in [0.05, 0.1) is 4.90 Å². The second-order valence-corrected chi connectivity index (χ2v) is 8.52. The van der Waals surface area contributed by atoms with Gasteiger partial charge < -0.3 is 0 Å². The first-order valence-corrected chi connectivity index (χ1v) is 8.97. The van der Waals surface area contributed by atoms with Crippen LogP contribution in [0.4, 0.5) is 4.39 Å². The Morgan fingerprint density at radius 1 is 1.35 bits per heavy atom. The smallest absolute Gasteiger partial charge is 0.208 e. The summed E-state index contributed by atoms with van der Waals surface area (Å²) in [6, 6.07) is 3.53. The first-order valence-electron chi connectivity index (χ1n) is 6.70. The SMILES string of the molecule is CC1(C)CCCCC1NS(=O)(=O)c1ccc(F)cc1Br. The summed E-state index contributed by atoms with van der Waals surface area (Å²) >= 11 is 3.12. The minimum absolute atomic E-state index is 0.0577. The van der Waals surface area contributed by atoms with E-state index in [0.717, 1.165) is 31.7 Å². The van der Waals surface area contributed by atoms with E-state index in [1.54, 1.807) is 0 Å². The molecular weight excluding hydrogens is 345 g/mol. The number of hydrogen-bond acceptors (Lipinski definition) is 2. The highest BCUT2D eigenvalue weighted by Gasteiger charge is 2.35. The Balaban J connectivity index is 2.27. The highest BCUT2D eigenvalue weighted by molar-refractivity contribution is 9.10. The van der Waals surface area contributed by atoms with Crippen LogP contribution >= 0.6 is 15.9 Å². The molecule has 0 spiro atoms. The molecule has 1 aliphatic rings. The van der Waals surface area contributed by atoms with E-state index < -0.39 is 15.8 Å². The summed E-state index contributed by atoms with van der Waals surface area (Å²) < 4.78 is 41.0. The van der Waals surface area contributed by atoms with E-state index in [9.17, 15) is 12.8 Å². The van der Waals surface area contributed by atoms with E-state index in [-0.39, 0.29) is 20.8 Å². The van der Waals surface area contributed by atoms with Crippen LogP contribution in [0.1, 0.15) is 39.5 Å². The van der Waals surface area contributed by atoms with Crippen molar-refractivity contribution in [1.82, 2.24) is 4.72 Å². The summed E-state index contributed by atoms with van der Waals surface area (Å²) in [5.41, 5.74) is -0.0577. The molecule has 1 aromatic carbocycles. The minimum Gasteiger partial charge on any atom is -0.208 e. The lowest BCUT2D eigenvalue weighted by atomic mass is 9.74. The van der Waals surface area contributed by atoms with Crippen molar-refractivity contribution in [3.8, 4) is 0 Å². The van der Waals surface area contributed by atoms with Crippen LogP contribution in [-0.2, 0) is 10.0 Å². The zero-order valence-electron chi connectivity index (χ0n) is 11.6. The van der Waals surface area contributed by atoms with Gasteiger partial charge in [-0.2, -0.15) is 0 Å². The monoisotopic (exact) mass is 363 g/mol. The topological polar surface area (TPSA) is 46.2 Å². The molecule has 1 atom stereocenters. The van der Waals surface area contributed by atoms with E-state index in [1.807, 2.05) is 0 Å². The third-order valence-corrected chi connectivity index (χ3v) is 6.44. The summed E-state index contributed by atoms with van der Waals surface area (Å²) in [7, 11) is -3.64. The summed E-state index contributed by atoms with van der Waals surface area (Å²) in [4.78, 5) is 0.0836. The number of rotatable bonds is 3. The molecule has 0 radical (unpaired) electrons. The van der Waals surface area contributed by atoms with Crippen molar-refractivity contribution in [2.45, 2.75) is 50.5 Å². The van der Waals surface area contributed by atoms with Crippen molar-refractivity contribution in [2.24, 2.45) is 5.41 Å². The molecule has 6 heteroatoms. The Bertz CT molecular complexity index is 601. The standard InChI is InChI=1S/C14H19BrFNO2S/c1-14(2)8-4-3-5-13(14)17-20(18,19)12-7-6-10(16)9-11(12)15/h6-7,9,13,17H,3-5,8H2,1-2H3. The Kier molecular flexibility index (Phi) is 4.56. The van der Waals surface area contributed by atoms with Crippen molar-refractivity contribution in [1.29, 1.82) is 0 Å². The average molecular weight is 364 g/mol. The number of benzene rings is 1. The van der Waals surface area contributed by atoms with Gasteiger partial charge in [-0.15, -0.1) is 0 Å². The van der Waals surface area contributed by atoms with E-state index in [1.165, 1.54) is 12.1 Å².